The fourth-order valence-electron chi connectivity index (χ4n) is 3.06. The number of aromatic nitrogens is 2. The first-order chi connectivity index (χ1) is 14.0. The summed E-state index contributed by atoms with van der Waals surface area (Å²) in [7, 11) is 0. The van der Waals surface area contributed by atoms with Gasteiger partial charge in [0, 0.05) is 29.1 Å². The number of urea groups is 1. The topological polar surface area (TPSA) is 100 Å². The van der Waals surface area contributed by atoms with Crippen LogP contribution in [0, 0.1) is 5.92 Å². The molecule has 0 aliphatic carbocycles. The molecular formula is C21H29ClN6O2. The molecule has 0 bridgehead atoms. The third-order valence-electron chi connectivity index (χ3n) is 5.22. The van der Waals surface area contributed by atoms with Crippen LogP contribution in [0.25, 0.3) is 0 Å². The Morgan fingerprint density at radius 1 is 1.23 bits per heavy atom. The van der Waals surface area contributed by atoms with E-state index >= 15 is 0 Å². The van der Waals surface area contributed by atoms with Crippen molar-refractivity contribution in [2.75, 3.05) is 5.32 Å². The van der Waals surface area contributed by atoms with Crippen LogP contribution in [0.5, 0.6) is 0 Å². The second kappa shape index (κ2) is 8.65. The second-order valence-electron chi connectivity index (χ2n) is 8.70. The van der Waals surface area contributed by atoms with Gasteiger partial charge in [-0.05, 0) is 24.6 Å². The predicted molar refractivity (Wildman–Crippen MR) is 117 cm³/mol. The van der Waals surface area contributed by atoms with E-state index in [4.69, 9.17) is 11.6 Å². The fourth-order valence-corrected chi connectivity index (χ4v) is 3.18. The first kappa shape index (κ1) is 22.1. The van der Waals surface area contributed by atoms with E-state index in [2.05, 4.69) is 26.4 Å². The lowest BCUT2D eigenvalue weighted by Gasteiger charge is -2.34. The molecule has 30 heavy (non-hydrogen) atoms. The normalized spacial score (nSPS) is 21.8. The molecule has 2 aromatic rings. The molecule has 1 aliphatic heterocycles. The summed E-state index contributed by atoms with van der Waals surface area (Å²) in [6, 6.07) is 8.70. The highest BCUT2D eigenvalue weighted by molar-refractivity contribution is 6.30. The van der Waals surface area contributed by atoms with E-state index in [9.17, 15) is 9.59 Å². The number of carbonyl (C=O) groups is 2. The third kappa shape index (κ3) is 5.12. The summed E-state index contributed by atoms with van der Waals surface area (Å²) in [6.07, 6.45) is -0.550. The number of hydrogen-bond donors (Lipinski definition) is 4. The van der Waals surface area contributed by atoms with Crippen molar-refractivity contribution < 1.29 is 9.59 Å². The van der Waals surface area contributed by atoms with E-state index in [0.29, 0.717) is 17.4 Å². The molecule has 3 rings (SSSR count). The van der Waals surface area contributed by atoms with Gasteiger partial charge in [-0.3, -0.25) is 15.4 Å². The van der Waals surface area contributed by atoms with Crippen molar-refractivity contribution in [2.24, 2.45) is 5.92 Å². The Hall–Kier alpha value is -2.58. The monoisotopic (exact) mass is 432 g/mol. The van der Waals surface area contributed by atoms with Gasteiger partial charge < -0.3 is 10.6 Å². The van der Waals surface area contributed by atoms with Crippen molar-refractivity contribution in [3.8, 4) is 0 Å². The summed E-state index contributed by atoms with van der Waals surface area (Å²) in [4.78, 5) is 24.8. The molecule has 3 unspecified atom stereocenters. The van der Waals surface area contributed by atoms with E-state index in [-0.39, 0.29) is 29.3 Å². The van der Waals surface area contributed by atoms with Gasteiger partial charge in [-0.2, -0.15) is 5.10 Å². The molecule has 1 aliphatic rings. The number of amides is 3. The summed E-state index contributed by atoms with van der Waals surface area (Å²) in [5, 5.41) is 17.3. The van der Waals surface area contributed by atoms with Gasteiger partial charge in [0.25, 0.3) is 0 Å². The molecule has 1 saturated heterocycles. The van der Waals surface area contributed by atoms with Crippen LogP contribution in [0.4, 0.5) is 10.6 Å². The Bertz CT molecular complexity index is 919. The van der Waals surface area contributed by atoms with E-state index in [1.807, 2.05) is 52.8 Å². The number of rotatable bonds is 4. The van der Waals surface area contributed by atoms with E-state index < -0.39 is 6.29 Å². The lowest BCUT2D eigenvalue weighted by atomic mass is 9.92. The van der Waals surface area contributed by atoms with Gasteiger partial charge in [-0.1, -0.05) is 51.4 Å². The minimum atomic E-state index is -0.550. The van der Waals surface area contributed by atoms with Crippen LogP contribution in [0.2, 0.25) is 5.02 Å². The Balaban J connectivity index is 1.77. The number of carbonyl (C=O) groups excluding carboxylic acids is 2. The van der Waals surface area contributed by atoms with Crippen LogP contribution < -0.4 is 21.3 Å². The lowest BCUT2D eigenvalue weighted by molar-refractivity contribution is -0.130. The Morgan fingerprint density at radius 2 is 1.90 bits per heavy atom. The number of nitrogens with zero attached hydrogens (tertiary/aromatic N) is 2. The molecule has 0 saturated carbocycles. The molecule has 3 atom stereocenters. The highest BCUT2D eigenvalue weighted by Crippen LogP contribution is 2.26. The smallest absolute Gasteiger partial charge is 0.320 e. The Morgan fingerprint density at radius 3 is 2.50 bits per heavy atom. The maximum absolute atomic E-state index is 12.5. The van der Waals surface area contributed by atoms with Gasteiger partial charge in [0.15, 0.2) is 6.29 Å². The van der Waals surface area contributed by atoms with Crippen LogP contribution in [0.15, 0.2) is 30.3 Å². The first-order valence-electron chi connectivity index (χ1n) is 10.0. The summed E-state index contributed by atoms with van der Waals surface area (Å²) in [6.45, 7) is 10.3. The van der Waals surface area contributed by atoms with Crippen LogP contribution >= 0.6 is 11.6 Å². The van der Waals surface area contributed by atoms with Crippen molar-refractivity contribution in [1.29, 1.82) is 0 Å². The van der Waals surface area contributed by atoms with Crippen molar-refractivity contribution in [3.05, 3.63) is 46.6 Å². The Labute approximate surface area is 181 Å². The molecule has 162 valence electrons. The van der Waals surface area contributed by atoms with Crippen LogP contribution in [-0.2, 0) is 16.8 Å². The summed E-state index contributed by atoms with van der Waals surface area (Å²) in [5.41, 5.74) is 1.51. The van der Waals surface area contributed by atoms with E-state index in [1.165, 1.54) is 0 Å². The molecule has 1 aromatic heterocycles. The molecule has 9 heteroatoms. The molecule has 0 radical (unpaired) electrons. The fraction of sp³-hybridized carbons (Fsp3) is 0.476. The van der Waals surface area contributed by atoms with Crippen molar-refractivity contribution in [1.82, 2.24) is 25.7 Å². The maximum Gasteiger partial charge on any atom is 0.320 e. The third-order valence-corrected chi connectivity index (χ3v) is 5.47. The number of hydrogen-bond acceptors (Lipinski definition) is 4. The van der Waals surface area contributed by atoms with Crippen molar-refractivity contribution in [3.63, 3.8) is 0 Å². The summed E-state index contributed by atoms with van der Waals surface area (Å²) < 4.78 is 1.61. The number of benzene rings is 1. The van der Waals surface area contributed by atoms with Gasteiger partial charge in [0.2, 0.25) is 5.91 Å². The van der Waals surface area contributed by atoms with Gasteiger partial charge in [0.1, 0.15) is 5.82 Å². The van der Waals surface area contributed by atoms with Crippen molar-refractivity contribution in [2.45, 2.75) is 58.9 Å². The summed E-state index contributed by atoms with van der Waals surface area (Å²) >= 11 is 5.90. The zero-order valence-electron chi connectivity index (χ0n) is 17.9. The standard InChI is InChI=1S/C21H29ClN6O2/c1-12-13(2)24-19(26-18(12)29)28-17(10-16(27-28)21(3,4)5)25-20(30)23-11-14-6-8-15(22)9-7-14/h6-10,12-13,19,24H,11H2,1-5H3,(H,26,29)(H2,23,25,30). The zero-order chi connectivity index (χ0) is 22.1. The summed E-state index contributed by atoms with van der Waals surface area (Å²) in [5.74, 6) is 0.281. The van der Waals surface area contributed by atoms with Gasteiger partial charge in [0.05, 0.1) is 11.6 Å². The molecule has 1 aromatic carbocycles. The SMILES string of the molecule is CC1NC(n2nc(C(C)(C)C)cc2NC(=O)NCc2ccc(Cl)cc2)NC(=O)C1C. The highest BCUT2D eigenvalue weighted by Gasteiger charge is 2.33. The Kier molecular flexibility index (Phi) is 6.38. The average molecular weight is 433 g/mol. The molecule has 3 amide bonds. The molecule has 2 heterocycles. The number of nitrogens with one attached hydrogen (secondary N) is 4. The quantitative estimate of drug-likeness (QED) is 0.595. The maximum atomic E-state index is 12.5. The van der Waals surface area contributed by atoms with Gasteiger partial charge in [-0.15, -0.1) is 0 Å². The minimum absolute atomic E-state index is 0.0300. The van der Waals surface area contributed by atoms with Crippen LogP contribution in [0.3, 0.4) is 0 Å². The molecular weight excluding hydrogens is 404 g/mol. The highest BCUT2D eigenvalue weighted by atomic mass is 35.5. The number of halogens is 1. The lowest BCUT2D eigenvalue weighted by Crippen LogP contribution is -2.57. The molecule has 8 nitrogen and oxygen atoms in total. The van der Waals surface area contributed by atoms with Gasteiger partial charge in [-0.25, -0.2) is 9.48 Å². The predicted octanol–water partition coefficient (Wildman–Crippen LogP) is 3.36. The van der Waals surface area contributed by atoms with E-state index in [1.54, 1.807) is 16.8 Å². The van der Waals surface area contributed by atoms with Crippen molar-refractivity contribution >= 4 is 29.4 Å². The second-order valence-corrected chi connectivity index (χ2v) is 9.14. The van der Waals surface area contributed by atoms with Crippen LogP contribution in [0.1, 0.15) is 52.2 Å². The molecule has 4 N–H and O–H groups in total. The zero-order valence-corrected chi connectivity index (χ0v) is 18.7. The minimum Gasteiger partial charge on any atom is -0.334 e. The van der Waals surface area contributed by atoms with Gasteiger partial charge >= 0.3 is 6.03 Å². The first-order valence-corrected chi connectivity index (χ1v) is 10.4. The number of anilines is 1. The van der Waals surface area contributed by atoms with Crippen LogP contribution in [-0.4, -0.2) is 27.8 Å². The van der Waals surface area contributed by atoms with E-state index in [0.717, 1.165) is 11.3 Å². The molecule has 0 spiro atoms. The molecule has 1 fully saturated rings. The average Bonchev–Trinajstić information content (AvgIpc) is 3.09. The largest absolute Gasteiger partial charge is 0.334 e.